The van der Waals surface area contributed by atoms with E-state index in [4.69, 9.17) is 22.1 Å². The van der Waals surface area contributed by atoms with Crippen LogP contribution in [0.15, 0.2) is 18.2 Å². The molecule has 0 spiro atoms. The summed E-state index contributed by atoms with van der Waals surface area (Å²) < 4.78 is 5.77. The number of nitrogens with two attached hydrogens (primary N) is 1. The molecule has 1 atom stereocenters. The molecule has 0 saturated carbocycles. The highest BCUT2D eigenvalue weighted by molar-refractivity contribution is 6.32. The van der Waals surface area contributed by atoms with Crippen LogP contribution >= 0.6 is 11.6 Å². The van der Waals surface area contributed by atoms with Crippen molar-refractivity contribution in [2.24, 2.45) is 5.73 Å². The van der Waals surface area contributed by atoms with Gasteiger partial charge in [-0.2, -0.15) is 0 Å². The molecule has 0 radical (unpaired) electrons. The molecule has 4 nitrogen and oxygen atoms in total. The minimum absolute atomic E-state index is 0.00751. The SMILES string of the molecule is C[C@H](N)c1ccc(OCCN2CCN(C)CC2)c(Cl)c1. The molecule has 1 saturated heterocycles. The van der Waals surface area contributed by atoms with Gasteiger partial charge in [0.1, 0.15) is 12.4 Å². The summed E-state index contributed by atoms with van der Waals surface area (Å²) in [5.74, 6) is 0.741. The molecule has 1 aliphatic rings. The highest BCUT2D eigenvalue weighted by Gasteiger charge is 2.13. The highest BCUT2D eigenvalue weighted by atomic mass is 35.5. The van der Waals surface area contributed by atoms with E-state index in [1.54, 1.807) is 0 Å². The van der Waals surface area contributed by atoms with Crippen LogP contribution in [0.4, 0.5) is 0 Å². The minimum Gasteiger partial charge on any atom is -0.491 e. The van der Waals surface area contributed by atoms with Crippen molar-refractivity contribution < 1.29 is 4.74 Å². The summed E-state index contributed by atoms with van der Waals surface area (Å²) in [6, 6.07) is 5.76. The van der Waals surface area contributed by atoms with Gasteiger partial charge in [0.05, 0.1) is 5.02 Å². The number of halogens is 1. The van der Waals surface area contributed by atoms with Crippen LogP contribution < -0.4 is 10.5 Å². The second-order valence-electron chi connectivity index (χ2n) is 5.47. The summed E-state index contributed by atoms with van der Waals surface area (Å²) in [6.07, 6.45) is 0. The lowest BCUT2D eigenvalue weighted by molar-refractivity contribution is 0.134. The van der Waals surface area contributed by atoms with Crippen LogP contribution in [0.2, 0.25) is 5.02 Å². The van der Waals surface area contributed by atoms with E-state index >= 15 is 0 Å². The fraction of sp³-hybridized carbons (Fsp3) is 0.600. The Balaban J connectivity index is 1.79. The predicted molar refractivity (Wildman–Crippen MR) is 83.5 cm³/mol. The Morgan fingerprint density at radius 1 is 1.30 bits per heavy atom. The monoisotopic (exact) mass is 297 g/mol. The molecule has 1 aliphatic heterocycles. The van der Waals surface area contributed by atoms with Gasteiger partial charge in [-0.25, -0.2) is 0 Å². The van der Waals surface area contributed by atoms with Gasteiger partial charge in [-0.15, -0.1) is 0 Å². The molecule has 2 N–H and O–H groups in total. The second kappa shape index (κ2) is 7.27. The molecule has 0 unspecified atom stereocenters. The zero-order valence-electron chi connectivity index (χ0n) is 12.3. The van der Waals surface area contributed by atoms with Crippen molar-refractivity contribution >= 4 is 11.6 Å². The van der Waals surface area contributed by atoms with Crippen molar-refractivity contribution in [2.75, 3.05) is 46.4 Å². The quantitative estimate of drug-likeness (QED) is 0.902. The lowest BCUT2D eigenvalue weighted by Crippen LogP contribution is -2.45. The van der Waals surface area contributed by atoms with Gasteiger partial charge in [0.2, 0.25) is 0 Å². The highest BCUT2D eigenvalue weighted by Crippen LogP contribution is 2.27. The lowest BCUT2D eigenvalue weighted by atomic mass is 10.1. The average Bonchev–Trinajstić information content (AvgIpc) is 2.42. The molecule has 1 aromatic rings. The smallest absolute Gasteiger partial charge is 0.137 e. The van der Waals surface area contributed by atoms with Gasteiger partial charge in [0, 0.05) is 38.8 Å². The number of likely N-dealkylation sites (N-methyl/N-ethyl adjacent to an activating group) is 1. The first-order valence-electron chi connectivity index (χ1n) is 7.15. The Morgan fingerprint density at radius 3 is 2.60 bits per heavy atom. The van der Waals surface area contributed by atoms with Crippen LogP contribution in [0.3, 0.4) is 0 Å². The molecular weight excluding hydrogens is 274 g/mol. The number of hydrogen-bond acceptors (Lipinski definition) is 4. The molecule has 1 fully saturated rings. The third-order valence-corrected chi connectivity index (χ3v) is 4.04. The van der Waals surface area contributed by atoms with E-state index in [2.05, 4.69) is 16.8 Å². The number of rotatable bonds is 5. The third kappa shape index (κ3) is 4.35. The molecule has 0 aromatic heterocycles. The first kappa shape index (κ1) is 15.6. The molecule has 0 aliphatic carbocycles. The molecule has 2 rings (SSSR count). The number of ether oxygens (including phenoxy) is 1. The Morgan fingerprint density at radius 2 is 2.00 bits per heavy atom. The number of nitrogens with zero attached hydrogens (tertiary/aromatic N) is 2. The van der Waals surface area contributed by atoms with Crippen molar-refractivity contribution in [1.29, 1.82) is 0 Å². The average molecular weight is 298 g/mol. The standard InChI is InChI=1S/C15H24ClN3O/c1-12(17)13-3-4-15(14(16)11-13)20-10-9-19-7-5-18(2)6-8-19/h3-4,11-12H,5-10,17H2,1-2H3/t12-/m0/s1. The molecular formula is C15H24ClN3O. The van der Waals surface area contributed by atoms with Gasteiger partial charge in [-0.1, -0.05) is 17.7 Å². The first-order valence-corrected chi connectivity index (χ1v) is 7.53. The third-order valence-electron chi connectivity index (χ3n) is 3.74. The van der Waals surface area contributed by atoms with Crippen molar-refractivity contribution in [3.63, 3.8) is 0 Å². The van der Waals surface area contributed by atoms with E-state index in [9.17, 15) is 0 Å². The normalized spacial score (nSPS) is 19.0. The molecule has 5 heteroatoms. The molecule has 1 heterocycles. The summed E-state index contributed by atoms with van der Waals surface area (Å²) in [4.78, 5) is 4.77. The van der Waals surface area contributed by atoms with E-state index in [1.807, 2.05) is 25.1 Å². The molecule has 0 bridgehead atoms. The Bertz CT molecular complexity index is 431. The summed E-state index contributed by atoms with van der Waals surface area (Å²) in [6.45, 7) is 8.03. The van der Waals surface area contributed by atoms with Crippen LogP contribution in [0.5, 0.6) is 5.75 Å². The van der Waals surface area contributed by atoms with Gasteiger partial charge in [0.15, 0.2) is 0 Å². The maximum Gasteiger partial charge on any atom is 0.137 e. The predicted octanol–water partition coefficient (Wildman–Crippen LogP) is 1.99. The van der Waals surface area contributed by atoms with Crippen LogP contribution in [-0.4, -0.2) is 56.2 Å². The largest absolute Gasteiger partial charge is 0.491 e. The maximum absolute atomic E-state index is 6.21. The summed E-state index contributed by atoms with van der Waals surface area (Å²) >= 11 is 6.21. The molecule has 20 heavy (non-hydrogen) atoms. The number of hydrogen-bond donors (Lipinski definition) is 1. The zero-order chi connectivity index (χ0) is 14.5. The van der Waals surface area contributed by atoms with Crippen LogP contribution in [-0.2, 0) is 0 Å². The van der Waals surface area contributed by atoms with E-state index in [-0.39, 0.29) is 6.04 Å². The molecule has 112 valence electrons. The lowest BCUT2D eigenvalue weighted by Gasteiger charge is -2.32. The van der Waals surface area contributed by atoms with E-state index < -0.39 is 0 Å². The topological polar surface area (TPSA) is 41.7 Å². The minimum atomic E-state index is -0.00751. The van der Waals surface area contributed by atoms with Gasteiger partial charge in [0.25, 0.3) is 0 Å². The fourth-order valence-electron chi connectivity index (χ4n) is 2.27. The Kier molecular flexibility index (Phi) is 5.66. The number of piperazine rings is 1. The van der Waals surface area contributed by atoms with Crippen LogP contribution in [0, 0.1) is 0 Å². The van der Waals surface area contributed by atoms with E-state index in [1.165, 1.54) is 0 Å². The van der Waals surface area contributed by atoms with E-state index in [0.717, 1.165) is 44.0 Å². The first-order chi connectivity index (χ1) is 9.56. The van der Waals surface area contributed by atoms with Crippen molar-refractivity contribution in [2.45, 2.75) is 13.0 Å². The van der Waals surface area contributed by atoms with Crippen LogP contribution in [0.1, 0.15) is 18.5 Å². The molecule has 0 amide bonds. The van der Waals surface area contributed by atoms with Crippen molar-refractivity contribution in [3.05, 3.63) is 28.8 Å². The summed E-state index contributed by atoms with van der Waals surface area (Å²) in [5, 5.41) is 0.637. The summed E-state index contributed by atoms with van der Waals surface area (Å²) in [7, 11) is 2.16. The van der Waals surface area contributed by atoms with Crippen molar-refractivity contribution in [1.82, 2.24) is 9.80 Å². The van der Waals surface area contributed by atoms with Crippen LogP contribution in [0.25, 0.3) is 0 Å². The maximum atomic E-state index is 6.21. The Labute approximate surface area is 126 Å². The van der Waals surface area contributed by atoms with Gasteiger partial charge in [-0.05, 0) is 31.7 Å². The van der Waals surface area contributed by atoms with Crippen molar-refractivity contribution in [3.8, 4) is 5.75 Å². The van der Waals surface area contributed by atoms with Gasteiger partial charge in [-0.3, -0.25) is 4.90 Å². The second-order valence-corrected chi connectivity index (χ2v) is 5.88. The Hall–Kier alpha value is -0.810. The molecule has 1 aromatic carbocycles. The summed E-state index contributed by atoms with van der Waals surface area (Å²) in [5.41, 5.74) is 6.86. The zero-order valence-corrected chi connectivity index (χ0v) is 13.1. The number of benzene rings is 1. The van der Waals surface area contributed by atoms with Gasteiger partial charge < -0.3 is 15.4 Å². The van der Waals surface area contributed by atoms with E-state index in [0.29, 0.717) is 11.6 Å². The van der Waals surface area contributed by atoms with Gasteiger partial charge >= 0.3 is 0 Å². The fourth-order valence-corrected chi connectivity index (χ4v) is 2.52.